The lowest BCUT2D eigenvalue weighted by molar-refractivity contribution is -0.115. The summed E-state index contributed by atoms with van der Waals surface area (Å²) in [6.45, 7) is 1.47. The van der Waals surface area contributed by atoms with Gasteiger partial charge in [-0.25, -0.2) is 4.39 Å². The minimum absolute atomic E-state index is 0.0897. The summed E-state index contributed by atoms with van der Waals surface area (Å²) in [6.07, 6.45) is 1.41. The van der Waals surface area contributed by atoms with Gasteiger partial charge in [-0.05, 0) is 36.8 Å². The number of ketones is 1. The molecule has 0 aliphatic carbocycles. The standard InChI is InChI=1S/C24H19FN4O2S/c1-16(30)18-10-7-11-19(14-18)27-23(31)22(17-8-3-2-4-9-17)32-24-28-26-15-29(24)21-13-6-5-12-20(21)25/h2-15,22H,1H3,(H,27,31)/t22-/m0/s1. The van der Waals surface area contributed by atoms with E-state index in [4.69, 9.17) is 0 Å². The summed E-state index contributed by atoms with van der Waals surface area (Å²) in [6, 6.07) is 22.3. The SMILES string of the molecule is CC(=O)c1cccc(NC(=O)[C@@H](Sc2nncn2-c2ccccc2F)c2ccccc2)c1. The van der Waals surface area contributed by atoms with Gasteiger partial charge in [-0.2, -0.15) is 0 Å². The fourth-order valence-electron chi connectivity index (χ4n) is 3.15. The number of carbonyl (C=O) groups is 2. The summed E-state index contributed by atoms with van der Waals surface area (Å²) in [5.41, 5.74) is 2.06. The van der Waals surface area contributed by atoms with E-state index >= 15 is 0 Å². The minimum Gasteiger partial charge on any atom is -0.325 e. The topological polar surface area (TPSA) is 76.9 Å². The Morgan fingerprint density at radius 3 is 2.50 bits per heavy atom. The van der Waals surface area contributed by atoms with Crippen LogP contribution in [0.25, 0.3) is 5.69 Å². The molecule has 6 nitrogen and oxygen atoms in total. The van der Waals surface area contributed by atoms with Crippen LogP contribution in [0, 0.1) is 5.82 Å². The van der Waals surface area contributed by atoms with Crippen LogP contribution in [0.5, 0.6) is 0 Å². The molecule has 1 amide bonds. The number of para-hydroxylation sites is 1. The summed E-state index contributed by atoms with van der Waals surface area (Å²) < 4.78 is 15.9. The van der Waals surface area contributed by atoms with Crippen molar-refractivity contribution < 1.29 is 14.0 Å². The number of amides is 1. The molecule has 1 aromatic heterocycles. The van der Waals surface area contributed by atoms with Crippen molar-refractivity contribution >= 4 is 29.1 Å². The van der Waals surface area contributed by atoms with Gasteiger partial charge in [-0.3, -0.25) is 14.2 Å². The molecule has 1 atom stereocenters. The summed E-state index contributed by atoms with van der Waals surface area (Å²) >= 11 is 1.16. The zero-order valence-electron chi connectivity index (χ0n) is 17.1. The van der Waals surface area contributed by atoms with E-state index in [1.54, 1.807) is 42.5 Å². The lowest BCUT2D eigenvalue weighted by atomic mass is 10.1. The van der Waals surface area contributed by atoms with E-state index in [0.29, 0.717) is 22.1 Å². The minimum atomic E-state index is -0.688. The first-order chi connectivity index (χ1) is 15.5. The molecule has 0 saturated heterocycles. The van der Waals surface area contributed by atoms with E-state index < -0.39 is 11.1 Å². The molecule has 0 aliphatic heterocycles. The number of anilines is 1. The number of halogens is 1. The van der Waals surface area contributed by atoms with Gasteiger partial charge >= 0.3 is 0 Å². The number of nitrogens with zero attached hydrogens (tertiary/aromatic N) is 3. The van der Waals surface area contributed by atoms with Gasteiger partial charge in [0.05, 0.1) is 5.69 Å². The molecule has 0 spiro atoms. The van der Waals surface area contributed by atoms with Crippen molar-refractivity contribution in [3.63, 3.8) is 0 Å². The van der Waals surface area contributed by atoms with E-state index in [1.165, 1.54) is 23.9 Å². The lowest BCUT2D eigenvalue weighted by Crippen LogP contribution is -2.19. The van der Waals surface area contributed by atoms with Crippen LogP contribution >= 0.6 is 11.8 Å². The van der Waals surface area contributed by atoms with Crippen molar-refractivity contribution in [3.05, 3.63) is 102 Å². The Labute approximate surface area is 188 Å². The molecule has 0 saturated carbocycles. The van der Waals surface area contributed by atoms with Crippen LogP contribution in [0.1, 0.15) is 28.1 Å². The van der Waals surface area contributed by atoms with Crippen molar-refractivity contribution in [1.29, 1.82) is 0 Å². The fraction of sp³-hybridized carbons (Fsp3) is 0.0833. The van der Waals surface area contributed by atoms with Gasteiger partial charge in [0.2, 0.25) is 5.91 Å². The van der Waals surface area contributed by atoms with Crippen LogP contribution < -0.4 is 5.32 Å². The lowest BCUT2D eigenvalue weighted by Gasteiger charge is -2.17. The highest BCUT2D eigenvalue weighted by Crippen LogP contribution is 2.36. The fourth-order valence-corrected chi connectivity index (χ4v) is 4.17. The Kier molecular flexibility index (Phi) is 6.42. The van der Waals surface area contributed by atoms with Crippen LogP contribution in [0.4, 0.5) is 10.1 Å². The average Bonchev–Trinajstić information content (AvgIpc) is 3.26. The molecule has 3 aromatic carbocycles. The van der Waals surface area contributed by atoms with Crippen molar-refractivity contribution in [3.8, 4) is 5.69 Å². The molecule has 4 aromatic rings. The van der Waals surface area contributed by atoms with Crippen LogP contribution in [-0.4, -0.2) is 26.5 Å². The largest absolute Gasteiger partial charge is 0.325 e. The quantitative estimate of drug-likeness (QED) is 0.316. The van der Waals surface area contributed by atoms with E-state index in [-0.39, 0.29) is 11.7 Å². The zero-order chi connectivity index (χ0) is 22.5. The molecule has 0 unspecified atom stereocenters. The van der Waals surface area contributed by atoms with Gasteiger partial charge in [-0.15, -0.1) is 10.2 Å². The number of rotatable bonds is 7. The smallest absolute Gasteiger partial charge is 0.242 e. The maximum atomic E-state index is 14.3. The molecule has 32 heavy (non-hydrogen) atoms. The Hall–Kier alpha value is -3.78. The van der Waals surface area contributed by atoms with Crippen LogP contribution in [0.3, 0.4) is 0 Å². The van der Waals surface area contributed by atoms with Crippen molar-refractivity contribution in [2.24, 2.45) is 0 Å². The molecule has 4 rings (SSSR count). The Morgan fingerprint density at radius 2 is 1.75 bits per heavy atom. The summed E-state index contributed by atoms with van der Waals surface area (Å²) in [7, 11) is 0. The van der Waals surface area contributed by atoms with Gasteiger partial charge in [0.15, 0.2) is 10.9 Å². The second-order valence-corrected chi connectivity index (χ2v) is 8.04. The van der Waals surface area contributed by atoms with Gasteiger partial charge < -0.3 is 5.32 Å². The highest BCUT2D eigenvalue weighted by molar-refractivity contribution is 8.00. The van der Waals surface area contributed by atoms with Gasteiger partial charge in [-0.1, -0.05) is 66.4 Å². The van der Waals surface area contributed by atoms with Gasteiger partial charge in [0.25, 0.3) is 0 Å². The number of aromatic nitrogens is 3. The third-order valence-corrected chi connectivity index (χ3v) is 5.94. The number of benzene rings is 3. The highest BCUT2D eigenvalue weighted by Gasteiger charge is 2.25. The van der Waals surface area contributed by atoms with Gasteiger partial charge in [0, 0.05) is 11.3 Å². The van der Waals surface area contributed by atoms with E-state index in [0.717, 1.165) is 17.3 Å². The predicted octanol–water partition coefficient (Wildman–Crippen LogP) is 5.08. The second-order valence-electron chi connectivity index (χ2n) is 6.97. The number of hydrogen-bond donors (Lipinski definition) is 1. The van der Waals surface area contributed by atoms with Gasteiger partial charge in [0.1, 0.15) is 17.4 Å². The van der Waals surface area contributed by atoms with Crippen LogP contribution in [0.2, 0.25) is 0 Å². The molecule has 160 valence electrons. The normalized spacial score (nSPS) is 11.7. The third kappa shape index (κ3) is 4.76. The molecule has 0 fully saturated rings. The third-order valence-electron chi connectivity index (χ3n) is 4.73. The van der Waals surface area contributed by atoms with Crippen LogP contribution in [0.15, 0.2) is 90.3 Å². The Morgan fingerprint density at radius 1 is 1.00 bits per heavy atom. The predicted molar refractivity (Wildman–Crippen MR) is 121 cm³/mol. The van der Waals surface area contributed by atoms with E-state index in [1.807, 2.05) is 30.3 Å². The average molecular weight is 447 g/mol. The second kappa shape index (κ2) is 9.57. The van der Waals surface area contributed by atoms with E-state index in [9.17, 15) is 14.0 Å². The Bertz CT molecular complexity index is 1260. The molecular formula is C24H19FN4O2S. The maximum absolute atomic E-state index is 14.3. The molecule has 0 radical (unpaired) electrons. The molecule has 0 bridgehead atoms. The maximum Gasteiger partial charge on any atom is 0.242 e. The number of thioether (sulfide) groups is 1. The van der Waals surface area contributed by atoms with Crippen molar-refractivity contribution in [2.75, 3.05) is 5.32 Å². The first kappa shape index (κ1) is 21.5. The number of hydrogen-bond acceptors (Lipinski definition) is 5. The summed E-state index contributed by atoms with van der Waals surface area (Å²) in [4.78, 5) is 25.0. The van der Waals surface area contributed by atoms with Crippen molar-refractivity contribution in [1.82, 2.24) is 14.8 Å². The molecular weight excluding hydrogens is 427 g/mol. The summed E-state index contributed by atoms with van der Waals surface area (Å²) in [5, 5.41) is 10.6. The van der Waals surface area contributed by atoms with E-state index in [2.05, 4.69) is 15.5 Å². The first-order valence-corrected chi connectivity index (χ1v) is 10.7. The number of nitrogens with one attached hydrogen (secondary N) is 1. The number of Topliss-reactive ketones (excluding diaryl/α,β-unsaturated/α-hetero) is 1. The molecule has 1 N–H and O–H groups in total. The Balaban J connectivity index is 1.66. The molecule has 8 heteroatoms. The molecule has 1 heterocycles. The van der Waals surface area contributed by atoms with Crippen LogP contribution in [-0.2, 0) is 4.79 Å². The molecule has 0 aliphatic rings. The zero-order valence-corrected chi connectivity index (χ0v) is 17.9. The highest BCUT2D eigenvalue weighted by atomic mass is 32.2. The van der Waals surface area contributed by atoms with Crippen molar-refractivity contribution in [2.45, 2.75) is 17.3 Å². The number of carbonyl (C=O) groups excluding carboxylic acids is 2. The monoisotopic (exact) mass is 446 g/mol. The first-order valence-electron chi connectivity index (χ1n) is 9.81. The summed E-state index contributed by atoms with van der Waals surface area (Å²) in [5.74, 6) is -0.811.